The number of carboxylic acids is 1. The summed E-state index contributed by atoms with van der Waals surface area (Å²) in [4.78, 5) is 105. The second kappa shape index (κ2) is 32.2. The predicted octanol–water partition coefficient (Wildman–Crippen LogP) is 5.45. The van der Waals surface area contributed by atoms with Crippen molar-refractivity contribution in [3.05, 3.63) is 161 Å². The molecule has 5 N–H and O–H groups in total. The van der Waals surface area contributed by atoms with E-state index in [0.717, 1.165) is 0 Å². The van der Waals surface area contributed by atoms with Crippen molar-refractivity contribution in [1.82, 2.24) is 39.4 Å². The molecule has 2 saturated heterocycles. The van der Waals surface area contributed by atoms with Crippen LogP contribution in [0.1, 0.15) is 63.7 Å². The van der Waals surface area contributed by atoms with E-state index in [1.807, 2.05) is 9.80 Å². The Morgan fingerprint density at radius 1 is 0.604 bits per heavy atom. The Hall–Kier alpha value is -8.18. The van der Waals surface area contributed by atoms with E-state index in [1.165, 1.54) is 70.1 Å². The average molecular weight is 1380 g/mol. The van der Waals surface area contributed by atoms with Gasteiger partial charge in [0.05, 0.1) is 43.1 Å². The molecule has 2 aromatic heterocycles. The number of carbonyl (C=O) groups excluding carboxylic acids is 5. The number of aliphatic carboxylic acids is 1. The number of aromatic nitrogens is 2. The van der Waals surface area contributed by atoms with Crippen LogP contribution in [0.3, 0.4) is 0 Å². The van der Waals surface area contributed by atoms with Crippen molar-refractivity contribution in [3.8, 4) is 28.7 Å². The molecular formula is C64H69F2N8NaO19P2. The summed E-state index contributed by atoms with van der Waals surface area (Å²) in [7, 11) is -7.94. The predicted molar refractivity (Wildman–Crippen MR) is 336 cm³/mol. The van der Waals surface area contributed by atoms with E-state index in [0.29, 0.717) is 71.5 Å². The van der Waals surface area contributed by atoms with Crippen LogP contribution in [0.15, 0.2) is 116 Å². The largest absolute Gasteiger partial charge is 1.00 e. The fraction of sp³-hybridized carbons (Fsp3) is 0.344. The van der Waals surface area contributed by atoms with Gasteiger partial charge in [0, 0.05) is 113 Å². The number of nitrogens with zero attached hydrogens (tertiary/aromatic N) is 8. The quantitative estimate of drug-likeness (QED) is 0.0395. The van der Waals surface area contributed by atoms with Gasteiger partial charge in [0.2, 0.25) is 0 Å². The number of benzene rings is 5. The van der Waals surface area contributed by atoms with Gasteiger partial charge in [-0.15, -0.1) is 0 Å². The molecule has 5 aromatic carbocycles. The van der Waals surface area contributed by atoms with E-state index in [2.05, 4.69) is 9.97 Å². The first-order chi connectivity index (χ1) is 45.0. The Morgan fingerprint density at radius 3 is 1.47 bits per heavy atom. The SMILES string of the molecule is CCOC(=O)[C@H](C)OP(=O)(CCN1CCN(C(=O)Oc2c3c(c(O)c4ncccc24)C(=O)N(Cc2ccc(F)cc2)C3)CC1)Oc1ccccc1.C[C@H](OP(=O)(O)CCN1CCN(C(=O)Oc2c3c(c(O)c4ncccc24)C(=O)N(Cc2ccc(F)cc2)C3)CC1)C(=O)O.[Na+].[OH-]. The molecule has 6 heterocycles. The second-order valence-electron chi connectivity index (χ2n) is 22.5. The molecule has 0 bridgehead atoms. The molecule has 0 aliphatic carbocycles. The van der Waals surface area contributed by atoms with Gasteiger partial charge in [0.15, 0.2) is 23.7 Å². The summed E-state index contributed by atoms with van der Waals surface area (Å²) in [5, 5.41) is 31.7. The Balaban J connectivity index is 0.000000244. The third kappa shape index (κ3) is 17.5. The first kappa shape index (κ1) is 73.6. The maximum Gasteiger partial charge on any atom is 1.00 e. The molecular weight excluding hydrogens is 1310 g/mol. The van der Waals surface area contributed by atoms with Gasteiger partial charge in [-0.05, 0) is 92.6 Å². The molecule has 27 nitrogen and oxygen atoms in total. The number of rotatable bonds is 21. The number of amides is 4. The maximum atomic E-state index is 13.9. The van der Waals surface area contributed by atoms with Crippen LogP contribution in [-0.2, 0) is 58.7 Å². The Bertz CT molecular complexity index is 4100. The van der Waals surface area contributed by atoms with Crippen molar-refractivity contribution in [1.29, 1.82) is 0 Å². The van der Waals surface area contributed by atoms with Crippen LogP contribution in [0.4, 0.5) is 18.4 Å². The zero-order chi connectivity index (χ0) is 67.0. The minimum Gasteiger partial charge on any atom is -0.870 e. The molecule has 4 atom stereocenters. The second-order valence-corrected chi connectivity index (χ2v) is 26.5. The minimum atomic E-state index is -4.12. The monoisotopic (exact) mass is 1380 g/mol. The third-order valence-electron chi connectivity index (χ3n) is 16.1. The topological polar surface area (TPSA) is 348 Å². The number of fused-ring (bicyclic) bond motifs is 4. The van der Waals surface area contributed by atoms with Crippen LogP contribution in [0.25, 0.3) is 21.8 Å². The van der Waals surface area contributed by atoms with Crippen LogP contribution in [-0.4, -0.2) is 198 Å². The Kier molecular flexibility index (Phi) is 24.7. The van der Waals surface area contributed by atoms with Gasteiger partial charge < -0.3 is 64.0 Å². The number of pyridine rings is 2. The molecule has 4 aliphatic heterocycles. The smallest absolute Gasteiger partial charge is 0.870 e. The zero-order valence-corrected chi connectivity index (χ0v) is 56.6. The van der Waals surface area contributed by atoms with Crippen molar-refractivity contribution < 1.29 is 130 Å². The van der Waals surface area contributed by atoms with Gasteiger partial charge >= 0.3 is 68.9 Å². The van der Waals surface area contributed by atoms with Crippen molar-refractivity contribution in [3.63, 3.8) is 0 Å². The number of aromatic hydroxyl groups is 2. The number of carboxylic acid groups (broad SMARTS) is 1. The van der Waals surface area contributed by atoms with Gasteiger partial charge in [0.25, 0.3) is 11.8 Å². The number of phenolic OH excluding ortho intramolecular Hbond substituents is 2. The van der Waals surface area contributed by atoms with Gasteiger partial charge in [-0.3, -0.25) is 43.0 Å². The molecule has 0 saturated carbocycles. The van der Waals surface area contributed by atoms with Gasteiger partial charge in [0.1, 0.15) is 39.9 Å². The van der Waals surface area contributed by atoms with E-state index in [4.69, 9.17) is 32.9 Å². The summed E-state index contributed by atoms with van der Waals surface area (Å²) >= 11 is 0. The molecule has 504 valence electrons. The molecule has 0 radical (unpaired) electrons. The van der Waals surface area contributed by atoms with Crippen LogP contribution in [0.2, 0.25) is 0 Å². The third-order valence-corrected chi connectivity index (χ3v) is 19.4. The van der Waals surface area contributed by atoms with Crippen molar-refractivity contribution in [2.45, 2.75) is 59.2 Å². The van der Waals surface area contributed by atoms with Crippen LogP contribution in [0.5, 0.6) is 28.7 Å². The number of hydrogen-bond acceptors (Lipinski definition) is 21. The van der Waals surface area contributed by atoms with Crippen molar-refractivity contribution in [2.75, 3.05) is 84.4 Å². The first-order valence-corrected chi connectivity index (χ1v) is 33.6. The maximum absolute atomic E-state index is 13.9. The molecule has 7 aromatic rings. The summed E-state index contributed by atoms with van der Waals surface area (Å²) in [6.45, 7) is 7.97. The normalized spacial score (nSPS) is 16.6. The first-order valence-electron chi connectivity index (χ1n) is 30.1. The number of halogens is 2. The number of hydrogen-bond donors (Lipinski definition) is 4. The summed E-state index contributed by atoms with van der Waals surface area (Å²) in [6.07, 6.45) is -1.19. The van der Waals surface area contributed by atoms with E-state index < -0.39 is 75.0 Å². The molecule has 4 aliphatic rings. The van der Waals surface area contributed by atoms with E-state index >= 15 is 0 Å². The number of para-hydroxylation sites is 1. The van der Waals surface area contributed by atoms with Crippen molar-refractivity contribution in [2.24, 2.45) is 0 Å². The fourth-order valence-electron chi connectivity index (χ4n) is 11.1. The molecule has 32 heteroatoms. The molecule has 4 amide bonds. The molecule has 96 heavy (non-hydrogen) atoms. The number of esters is 1. The fourth-order valence-corrected chi connectivity index (χ4v) is 14.1. The molecule has 2 unspecified atom stereocenters. The van der Waals surface area contributed by atoms with E-state index in [1.54, 1.807) is 85.8 Å². The van der Waals surface area contributed by atoms with E-state index in [9.17, 15) is 61.8 Å². The molecule has 11 rings (SSSR count). The van der Waals surface area contributed by atoms with Crippen LogP contribution in [0, 0.1) is 11.6 Å². The summed E-state index contributed by atoms with van der Waals surface area (Å²) in [5.41, 5.74) is 2.32. The zero-order valence-electron chi connectivity index (χ0n) is 52.8. The molecule has 2 fully saturated rings. The van der Waals surface area contributed by atoms with Gasteiger partial charge in [-0.2, -0.15) is 0 Å². The standard InChI is InChI=1S/C36H38FN4O9P.C28H30FN4O9P.Na.H2O/c1-3-47-35(44)24(2)49-51(46,50-27-8-5-4-6-9-27)21-20-39-16-18-40(19-17-39)36(45)48-33-28-10-7-15-38-31(28)32(42)30-29(33)23-41(34(30)43)22-25-11-13-26(37)14-12-25;1-17(27(36)37)42-43(39,40)14-13-31-9-11-32(12-10-31)28(38)41-25-20-3-2-8-30-23(20)24(34)22-21(25)16-33(26(22)35)15-18-4-6-19(29)7-5-18;;/h4-15,24,42H,3,16-23H2,1-2H3;2-8,17,34H,9-16H2,1H3,(H,36,37)(H,39,40);;1H2/q;;+1;/p-1/t24-,51?;17-;;/m00../s1. The van der Waals surface area contributed by atoms with Crippen molar-refractivity contribution >= 4 is 72.9 Å². The molecule has 0 spiro atoms. The Morgan fingerprint density at radius 2 is 1.04 bits per heavy atom. The van der Waals surface area contributed by atoms with Crippen LogP contribution < -0.4 is 43.6 Å². The van der Waals surface area contributed by atoms with Gasteiger partial charge in [-0.25, -0.2) is 32.5 Å². The summed E-state index contributed by atoms with van der Waals surface area (Å²) in [6, 6.07) is 26.6. The number of piperazine rings is 2. The number of carbonyl (C=O) groups is 6. The van der Waals surface area contributed by atoms with E-state index in [-0.39, 0.29) is 158 Å². The number of phenols is 2. The summed E-state index contributed by atoms with van der Waals surface area (Å²) in [5.74, 6) is -3.73. The van der Waals surface area contributed by atoms with Crippen LogP contribution >= 0.6 is 15.2 Å². The average Bonchev–Trinajstić information content (AvgIpc) is 1.55. The minimum absolute atomic E-state index is 0. The summed E-state index contributed by atoms with van der Waals surface area (Å²) < 4.78 is 86.1. The van der Waals surface area contributed by atoms with Gasteiger partial charge in [-0.1, -0.05) is 42.5 Å². The Labute approximate surface area is 571 Å². The number of ether oxygens (including phenoxy) is 3.